The van der Waals surface area contributed by atoms with Gasteiger partial charge in [0.25, 0.3) is 0 Å². The Morgan fingerprint density at radius 2 is 1.69 bits per heavy atom. The van der Waals surface area contributed by atoms with Gasteiger partial charge >= 0.3 is 0 Å². The van der Waals surface area contributed by atoms with Crippen LogP contribution in [0.1, 0.15) is 31.9 Å². The zero-order chi connectivity index (χ0) is 18.1. The number of fused-ring (bicyclic) bond motifs is 2. The highest BCUT2D eigenvalue weighted by atomic mass is 16.7. The third kappa shape index (κ3) is 3.43. The van der Waals surface area contributed by atoms with Crippen LogP contribution in [0.25, 0.3) is 10.9 Å². The molecule has 0 unspecified atom stereocenters. The third-order valence-electron chi connectivity index (χ3n) is 3.92. The van der Waals surface area contributed by atoms with Crippen LogP contribution in [0.4, 0.5) is 5.82 Å². The lowest BCUT2D eigenvalue weighted by atomic mass is 10.1. The first-order valence-corrected chi connectivity index (χ1v) is 8.58. The lowest BCUT2D eigenvalue weighted by molar-refractivity contribution is 0.174. The molecule has 0 atom stereocenters. The van der Waals surface area contributed by atoms with Crippen LogP contribution in [0.2, 0.25) is 0 Å². The summed E-state index contributed by atoms with van der Waals surface area (Å²) in [5, 5.41) is 4.44. The lowest BCUT2D eigenvalue weighted by Gasteiger charge is -2.22. The average Bonchev–Trinajstić information content (AvgIpc) is 3.04. The number of hydrogen-bond donors (Lipinski definition) is 1. The zero-order valence-corrected chi connectivity index (χ0v) is 15.1. The molecule has 0 spiro atoms. The van der Waals surface area contributed by atoms with Gasteiger partial charge in [-0.3, -0.25) is 0 Å². The molecule has 0 fully saturated rings. The van der Waals surface area contributed by atoms with Gasteiger partial charge in [0.05, 0.1) is 11.1 Å². The summed E-state index contributed by atoms with van der Waals surface area (Å²) in [6.07, 6.45) is 0. The molecule has 0 aliphatic carbocycles. The van der Waals surface area contributed by atoms with E-state index < -0.39 is 0 Å². The quantitative estimate of drug-likeness (QED) is 0.657. The van der Waals surface area contributed by atoms with Crippen LogP contribution in [0.5, 0.6) is 11.5 Å². The Morgan fingerprint density at radius 1 is 0.962 bits per heavy atom. The van der Waals surface area contributed by atoms with E-state index in [-0.39, 0.29) is 12.3 Å². The molecule has 1 aliphatic rings. The van der Waals surface area contributed by atoms with Crippen molar-refractivity contribution in [3.8, 4) is 23.3 Å². The van der Waals surface area contributed by atoms with Gasteiger partial charge < -0.3 is 14.8 Å². The topological polar surface area (TPSA) is 43.4 Å². The van der Waals surface area contributed by atoms with Gasteiger partial charge in [0, 0.05) is 22.6 Å². The molecular formula is C22H20N2O2. The van der Waals surface area contributed by atoms with Crippen molar-refractivity contribution in [2.24, 2.45) is 0 Å². The number of ether oxygens (including phenoxy) is 2. The molecule has 4 rings (SSSR count). The highest BCUT2D eigenvalue weighted by molar-refractivity contribution is 5.86. The SMILES string of the molecule is CC(C)(C)Nc1nc2cc3c(cc2cc1C#Cc1ccccc1)OCO3. The Bertz CT molecular complexity index is 1030. The van der Waals surface area contributed by atoms with Gasteiger partial charge in [-0.05, 0) is 45.0 Å². The van der Waals surface area contributed by atoms with Crippen LogP contribution in [0.3, 0.4) is 0 Å². The van der Waals surface area contributed by atoms with Crippen LogP contribution in [0.15, 0.2) is 48.5 Å². The van der Waals surface area contributed by atoms with Gasteiger partial charge in [0.15, 0.2) is 11.5 Å². The predicted molar refractivity (Wildman–Crippen MR) is 104 cm³/mol. The Morgan fingerprint density at radius 3 is 2.42 bits per heavy atom. The molecule has 2 heterocycles. The number of rotatable bonds is 1. The second-order valence-corrected chi connectivity index (χ2v) is 7.27. The van der Waals surface area contributed by atoms with Gasteiger partial charge in [-0.1, -0.05) is 30.0 Å². The maximum absolute atomic E-state index is 5.48. The minimum atomic E-state index is -0.125. The van der Waals surface area contributed by atoms with E-state index in [0.29, 0.717) is 0 Å². The van der Waals surface area contributed by atoms with Crippen molar-refractivity contribution in [1.29, 1.82) is 0 Å². The van der Waals surface area contributed by atoms with Crippen molar-refractivity contribution < 1.29 is 9.47 Å². The maximum atomic E-state index is 5.48. The van der Waals surface area contributed by atoms with E-state index in [1.165, 1.54) is 0 Å². The van der Waals surface area contributed by atoms with Crippen LogP contribution < -0.4 is 14.8 Å². The summed E-state index contributed by atoms with van der Waals surface area (Å²) in [7, 11) is 0. The largest absolute Gasteiger partial charge is 0.454 e. The molecule has 1 N–H and O–H groups in total. The zero-order valence-electron chi connectivity index (χ0n) is 15.1. The Hall–Kier alpha value is -3.19. The molecule has 0 amide bonds. The van der Waals surface area contributed by atoms with E-state index >= 15 is 0 Å². The average molecular weight is 344 g/mol. The normalized spacial score (nSPS) is 12.6. The van der Waals surface area contributed by atoms with E-state index in [1.807, 2.05) is 48.5 Å². The van der Waals surface area contributed by atoms with Gasteiger partial charge in [-0.2, -0.15) is 0 Å². The molecule has 0 saturated heterocycles. The summed E-state index contributed by atoms with van der Waals surface area (Å²) in [5.74, 6) is 8.73. The van der Waals surface area contributed by atoms with Crippen molar-refractivity contribution >= 4 is 16.7 Å². The van der Waals surface area contributed by atoms with Crippen LogP contribution >= 0.6 is 0 Å². The summed E-state index contributed by atoms with van der Waals surface area (Å²) in [5.41, 5.74) is 2.56. The molecule has 4 nitrogen and oxygen atoms in total. The maximum Gasteiger partial charge on any atom is 0.231 e. The minimum Gasteiger partial charge on any atom is -0.454 e. The summed E-state index contributed by atoms with van der Waals surface area (Å²) < 4.78 is 11.0. The van der Waals surface area contributed by atoms with E-state index in [1.54, 1.807) is 0 Å². The molecule has 4 heteroatoms. The fraction of sp³-hybridized carbons (Fsp3) is 0.227. The van der Waals surface area contributed by atoms with Gasteiger partial charge in [-0.25, -0.2) is 4.98 Å². The van der Waals surface area contributed by atoms with E-state index in [0.717, 1.165) is 39.3 Å². The monoisotopic (exact) mass is 344 g/mol. The summed E-state index contributed by atoms with van der Waals surface area (Å²) >= 11 is 0. The predicted octanol–water partition coefficient (Wildman–Crippen LogP) is 4.57. The minimum absolute atomic E-state index is 0.125. The summed E-state index contributed by atoms with van der Waals surface area (Å²) in [6, 6.07) is 15.9. The first-order chi connectivity index (χ1) is 12.5. The number of anilines is 1. The first-order valence-electron chi connectivity index (χ1n) is 8.58. The third-order valence-corrected chi connectivity index (χ3v) is 3.92. The van der Waals surface area contributed by atoms with Gasteiger partial charge in [-0.15, -0.1) is 0 Å². The number of aromatic nitrogens is 1. The number of hydrogen-bond acceptors (Lipinski definition) is 4. The Labute approximate surface area is 153 Å². The van der Waals surface area contributed by atoms with Crippen LogP contribution in [-0.4, -0.2) is 17.3 Å². The van der Waals surface area contributed by atoms with Crippen molar-refractivity contribution in [3.63, 3.8) is 0 Å². The summed E-state index contributed by atoms with van der Waals surface area (Å²) in [4.78, 5) is 4.80. The fourth-order valence-electron chi connectivity index (χ4n) is 2.77. The molecule has 26 heavy (non-hydrogen) atoms. The van der Waals surface area contributed by atoms with Crippen molar-refractivity contribution in [1.82, 2.24) is 4.98 Å². The molecule has 130 valence electrons. The van der Waals surface area contributed by atoms with E-state index in [2.05, 4.69) is 37.9 Å². The smallest absolute Gasteiger partial charge is 0.231 e. The molecule has 3 aromatic rings. The Balaban J connectivity index is 1.84. The molecule has 1 aliphatic heterocycles. The molecule has 0 bridgehead atoms. The van der Waals surface area contributed by atoms with Crippen LogP contribution in [0, 0.1) is 11.8 Å². The van der Waals surface area contributed by atoms with Crippen molar-refractivity contribution in [2.75, 3.05) is 12.1 Å². The fourth-order valence-corrected chi connectivity index (χ4v) is 2.77. The number of benzene rings is 2. The lowest BCUT2D eigenvalue weighted by Crippen LogP contribution is -2.27. The highest BCUT2D eigenvalue weighted by Crippen LogP contribution is 2.36. The molecular weight excluding hydrogens is 324 g/mol. The molecule has 1 aromatic heterocycles. The van der Waals surface area contributed by atoms with E-state index in [9.17, 15) is 0 Å². The summed E-state index contributed by atoms with van der Waals surface area (Å²) in [6.45, 7) is 6.56. The van der Waals surface area contributed by atoms with Gasteiger partial charge in [0.2, 0.25) is 6.79 Å². The molecule has 0 saturated carbocycles. The standard InChI is InChI=1S/C22H20N2O2/c1-22(2,3)24-21-16(10-9-15-7-5-4-6-8-15)11-17-12-19-20(26-14-25-19)13-18(17)23-21/h4-8,11-13H,14H2,1-3H3,(H,23,24). The highest BCUT2D eigenvalue weighted by Gasteiger charge is 2.18. The number of nitrogens with zero attached hydrogens (tertiary/aromatic N) is 1. The van der Waals surface area contributed by atoms with Crippen molar-refractivity contribution in [2.45, 2.75) is 26.3 Å². The van der Waals surface area contributed by atoms with E-state index in [4.69, 9.17) is 14.5 Å². The number of nitrogens with one attached hydrogen (secondary N) is 1. The van der Waals surface area contributed by atoms with Crippen molar-refractivity contribution in [3.05, 3.63) is 59.7 Å². The Kier molecular flexibility index (Phi) is 3.93. The molecule has 0 radical (unpaired) electrons. The second-order valence-electron chi connectivity index (χ2n) is 7.27. The first kappa shape index (κ1) is 16.3. The van der Waals surface area contributed by atoms with Crippen LogP contribution in [-0.2, 0) is 0 Å². The second kappa shape index (κ2) is 6.27. The van der Waals surface area contributed by atoms with Gasteiger partial charge in [0.1, 0.15) is 5.82 Å². The molecule has 2 aromatic carbocycles. The number of pyridine rings is 1.